The van der Waals surface area contributed by atoms with Crippen molar-refractivity contribution in [1.82, 2.24) is 4.90 Å². The lowest BCUT2D eigenvalue weighted by Crippen LogP contribution is -3.11. The van der Waals surface area contributed by atoms with E-state index in [2.05, 4.69) is 5.32 Å². The molecule has 0 spiro atoms. The van der Waals surface area contributed by atoms with Gasteiger partial charge in [-0.3, -0.25) is 9.59 Å². The van der Waals surface area contributed by atoms with E-state index in [0.29, 0.717) is 42.0 Å². The van der Waals surface area contributed by atoms with E-state index in [1.54, 1.807) is 30.1 Å². The molecule has 1 fully saturated rings. The number of nitrogens with zero attached hydrogens (tertiary/aromatic N) is 1. The number of morpholine rings is 1. The van der Waals surface area contributed by atoms with Gasteiger partial charge in [0.25, 0.3) is 11.8 Å². The number of ether oxygens (including phenoxy) is 1. The molecule has 1 aliphatic heterocycles. The third-order valence-electron chi connectivity index (χ3n) is 3.50. The van der Waals surface area contributed by atoms with Crippen LogP contribution in [0.15, 0.2) is 18.2 Å². The Morgan fingerprint density at radius 3 is 2.65 bits per heavy atom. The van der Waals surface area contributed by atoms with Crippen molar-refractivity contribution in [3.63, 3.8) is 0 Å². The molecular weight excluding hydrogens is 341 g/mol. The summed E-state index contributed by atoms with van der Waals surface area (Å²) < 4.78 is 5.22. The quantitative estimate of drug-likeness (QED) is 0.794. The normalized spacial score (nSPS) is 16.0. The molecule has 1 unspecified atom stereocenters. The van der Waals surface area contributed by atoms with E-state index < -0.39 is 0 Å². The molecule has 0 saturated carbocycles. The molecule has 0 bridgehead atoms. The van der Waals surface area contributed by atoms with E-state index in [1.807, 2.05) is 0 Å². The summed E-state index contributed by atoms with van der Waals surface area (Å²) >= 11 is 11.9. The van der Waals surface area contributed by atoms with E-state index in [-0.39, 0.29) is 24.9 Å². The molecule has 2 N–H and O–H groups in total. The maximum atomic E-state index is 12.1. The van der Waals surface area contributed by atoms with Crippen LogP contribution in [-0.4, -0.2) is 63.2 Å². The molecule has 126 valence electrons. The number of hydrogen-bond acceptors (Lipinski definition) is 3. The molecule has 1 saturated heterocycles. The van der Waals surface area contributed by atoms with E-state index in [9.17, 15) is 9.59 Å². The number of carbonyl (C=O) groups excluding carboxylic acids is 2. The molecular formula is C15H20Cl2N3O3+. The number of likely N-dealkylation sites (N-methyl/N-ethyl adjacent to an activating group) is 1. The van der Waals surface area contributed by atoms with Crippen molar-refractivity contribution in [2.45, 2.75) is 0 Å². The Morgan fingerprint density at radius 1 is 1.26 bits per heavy atom. The Kier molecular flexibility index (Phi) is 6.65. The zero-order valence-corrected chi connectivity index (χ0v) is 14.4. The number of benzene rings is 1. The summed E-state index contributed by atoms with van der Waals surface area (Å²) in [7, 11) is 1.80. The van der Waals surface area contributed by atoms with Gasteiger partial charge in [-0.05, 0) is 12.1 Å². The molecule has 1 aliphatic rings. The monoisotopic (exact) mass is 360 g/mol. The molecule has 0 radical (unpaired) electrons. The van der Waals surface area contributed by atoms with Gasteiger partial charge >= 0.3 is 0 Å². The maximum absolute atomic E-state index is 12.1. The smallest absolute Gasteiger partial charge is 0.279 e. The first-order chi connectivity index (χ1) is 11.0. The number of rotatable bonds is 5. The average molecular weight is 361 g/mol. The van der Waals surface area contributed by atoms with E-state index >= 15 is 0 Å². The summed E-state index contributed by atoms with van der Waals surface area (Å²) in [6.07, 6.45) is 0. The molecule has 2 amide bonds. The number of carbonyl (C=O) groups is 2. The minimum Gasteiger partial charge on any atom is -0.378 e. The Hall–Kier alpha value is -1.34. The lowest BCUT2D eigenvalue weighted by atomic mass is 10.3. The van der Waals surface area contributed by atoms with Crippen molar-refractivity contribution in [1.29, 1.82) is 0 Å². The summed E-state index contributed by atoms with van der Waals surface area (Å²) in [5.41, 5.74) is 0.469. The summed E-state index contributed by atoms with van der Waals surface area (Å²) in [6.45, 7) is 2.78. The van der Waals surface area contributed by atoms with Gasteiger partial charge in [-0.1, -0.05) is 29.3 Å². The maximum Gasteiger partial charge on any atom is 0.279 e. The molecule has 1 aromatic carbocycles. The molecule has 0 aromatic heterocycles. The van der Waals surface area contributed by atoms with Crippen LogP contribution >= 0.6 is 23.2 Å². The third-order valence-corrected chi connectivity index (χ3v) is 4.32. The van der Waals surface area contributed by atoms with Crippen molar-refractivity contribution in [2.24, 2.45) is 0 Å². The van der Waals surface area contributed by atoms with Gasteiger partial charge < -0.3 is 19.9 Å². The van der Waals surface area contributed by atoms with Crippen molar-refractivity contribution < 1.29 is 19.2 Å². The van der Waals surface area contributed by atoms with Crippen LogP contribution in [0.5, 0.6) is 0 Å². The fourth-order valence-corrected chi connectivity index (χ4v) is 2.66. The lowest BCUT2D eigenvalue weighted by molar-refractivity contribution is -0.862. The second-order valence-corrected chi connectivity index (χ2v) is 6.24. The van der Waals surface area contributed by atoms with Crippen LogP contribution in [-0.2, 0) is 14.3 Å². The number of amides is 2. The number of quaternary nitrogens is 1. The van der Waals surface area contributed by atoms with Gasteiger partial charge in [0.05, 0.1) is 36.0 Å². The molecule has 0 aliphatic carbocycles. The van der Waals surface area contributed by atoms with Gasteiger partial charge in [0, 0.05) is 13.1 Å². The van der Waals surface area contributed by atoms with Crippen molar-refractivity contribution >= 4 is 40.7 Å². The molecule has 23 heavy (non-hydrogen) atoms. The SMILES string of the molecule is C[NH+](CC(=O)Nc1cccc(Cl)c1Cl)CC(=O)N1CCOCC1. The predicted molar refractivity (Wildman–Crippen MR) is 89.1 cm³/mol. The van der Waals surface area contributed by atoms with Crippen molar-refractivity contribution in [2.75, 3.05) is 51.8 Å². The van der Waals surface area contributed by atoms with Gasteiger partial charge in [-0.15, -0.1) is 0 Å². The first-order valence-corrected chi connectivity index (χ1v) is 8.13. The number of anilines is 1. The molecule has 1 aromatic rings. The zero-order chi connectivity index (χ0) is 16.8. The average Bonchev–Trinajstić information content (AvgIpc) is 2.52. The van der Waals surface area contributed by atoms with Crippen LogP contribution in [0.25, 0.3) is 0 Å². The van der Waals surface area contributed by atoms with Crippen LogP contribution in [0.3, 0.4) is 0 Å². The zero-order valence-electron chi connectivity index (χ0n) is 12.9. The van der Waals surface area contributed by atoms with E-state index in [0.717, 1.165) is 4.90 Å². The highest BCUT2D eigenvalue weighted by molar-refractivity contribution is 6.43. The number of nitrogens with one attached hydrogen (secondary N) is 2. The van der Waals surface area contributed by atoms with Crippen molar-refractivity contribution in [3.05, 3.63) is 28.2 Å². The first kappa shape index (κ1) is 18.0. The first-order valence-electron chi connectivity index (χ1n) is 7.38. The summed E-state index contributed by atoms with van der Waals surface area (Å²) in [5.74, 6) is -0.194. The van der Waals surface area contributed by atoms with Gasteiger partial charge in [-0.25, -0.2) is 0 Å². The largest absolute Gasteiger partial charge is 0.378 e. The predicted octanol–water partition coefficient (Wildman–Crippen LogP) is 0.305. The Labute approximate surface area is 145 Å². The second kappa shape index (κ2) is 8.49. The highest BCUT2D eigenvalue weighted by Crippen LogP contribution is 2.29. The van der Waals surface area contributed by atoms with Crippen molar-refractivity contribution in [3.8, 4) is 0 Å². The fourth-order valence-electron chi connectivity index (χ4n) is 2.31. The molecule has 1 atom stereocenters. The van der Waals surface area contributed by atoms with Gasteiger partial charge in [0.1, 0.15) is 0 Å². The van der Waals surface area contributed by atoms with Gasteiger partial charge in [0.2, 0.25) is 0 Å². The highest BCUT2D eigenvalue weighted by atomic mass is 35.5. The number of hydrogen-bond donors (Lipinski definition) is 2. The van der Waals surface area contributed by atoms with Crippen LogP contribution in [0.4, 0.5) is 5.69 Å². The van der Waals surface area contributed by atoms with Crippen LogP contribution in [0.2, 0.25) is 10.0 Å². The minimum atomic E-state index is -0.221. The lowest BCUT2D eigenvalue weighted by Gasteiger charge is -2.27. The Morgan fingerprint density at radius 2 is 1.96 bits per heavy atom. The van der Waals surface area contributed by atoms with Crippen LogP contribution in [0.1, 0.15) is 0 Å². The molecule has 2 rings (SSSR count). The third kappa shape index (κ3) is 5.35. The van der Waals surface area contributed by atoms with Crippen LogP contribution in [0, 0.1) is 0 Å². The second-order valence-electron chi connectivity index (χ2n) is 5.45. The molecule has 6 nitrogen and oxygen atoms in total. The van der Waals surface area contributed by atoms with Gasteiger partial charge in [-0.2, -0.15) is 0 Å². The molecule has 8 heteroatoms. The minimum absolute atomic E-state index is 0.0272. The van der Waals surface area contributed by atoms with Gasteiger partial charge in [0.15, 0.2) is 13.1 Å². The topological polar surface area (TPSA) is 63.1 Å². The Balaban J connectivity index is 1.82. The molecule has 1 heterocycles. The summed E-state index contributed by atoms with van der Waals surface area (Å²) in [5, 5.41) is 3.41. The summed E-state index contributed by atoms with van der Waals surface area (Å²) in [4.78, 5) is 26.8. The number of halogens is 2. The Bertz CT molecular complexity index is 577. The standard InChI is InChI=1S/C15H19Cl2N3O3/c1-19(10-14(22)20-5-7-23-8-6-20)9-13(21)18-12-4-2-3-11(16)15(12)17/h2-4H,5-10H2,1H3,(H,18,21)/p+1. The summed E-state index contributed by atoms with van der Waals surface area (Å²) in [6, 6.07) is 5.04. The van der Waals surface area contributed by atoms with E-state index in [1.165, 1.54) is 0 Å². The van der Waals surface area contributed by atoms with Crippen LogP contribution < -0.4 is 10.2 Å². The van der Waals surface area contributed by atoms with E-state index in [4.69, 9.17) is 27.9 Å². The highest BCUT2D eigenvalue weighted by Gasteiger charge is 2.21. The fraction of sp³-hybridized carbons (Fsp3) is 0.467.